The summed E-state index contributed by atoms with van der Waals surface area (Å²) in [5.74, 6) is 0.916. The minimum atomic E-state index is -0.152. The summed E-state index contributed by atoms with van der Waals surface area (Å²) in [5, 5.41) is 2.98. The van der Waals surface area contributed by atoms with E-state index in [1.54, 1.807) is 18.2 Å². The summed E-state index contributed by atoms with van der Waals surface area (Å²) in [5.41, 5.74) is 6.81. The molecule has 108 valence electrons. The molecule has 1 atom stereocenters. The van der Waals surface area contributed by atoms with Crippen molar-refractivity contribution in [3.05, 3.63) is 35.9 Å². The second-order valence-corrected chi connectivity index (χ2v) is 5.01. The van der Waals surface area contributed by atoms with Crippen molar-refractivity contribution in [1.29, 1.82) is 0 Å². The zero-order chi connectivity index (χ0) is 14.4. The van der Waals surface area contributed by atoms with Gasteiger partial charge in [-0.05, 0) is 44.2 Å². The van der Waals surface area contributed by atoms with Gasteiger partial charge in [0.05, 0.1) is 6.61 Å². The van der Waals surface area contributed by atoms with Gasteiger partial charge in [0.15, 0.2) is 0 Å². The van der Waals surface area contributed by atoms with Crippen molar-refractivity contribution in [2.45, 2.75) is 26.2 Å². The number of benzene rings is 1. The molecule has 0 saturated carbocycles. The van der Waals surface area contributed by atoms with Gasteiger partial charge in [-0.1, -0.05) is 18.2 Å². The largest absolute Gasteiger partial charge is 0.493 e. The minimum absolute atomic E-state index is 0.152. The Balaban J connectivity index is 2.02. The van der Waals surface area contributed by atoms with Crippen LogP contribution in [-0.2, 0) is 0 Å². The maximum atomic E-state index is 12.3. The molecule has 0 spiro atoms. The number of carbonyl (C=O) groups excluding carboxylic acids is 1. The monoisotopic (exact) mass is 274 g/mol. The number of ether oxygens (including phenoxy) is 1. The number of hydrogen-bond donors (Lipinski definition) is 2. The molecule has 1 aliphatic carbocycles. The van der Waals surface area contributed by atoms with Crippen LogP contribution in [0.3, 0.4) is 0 Å². The smallest absolute Gasteiger partial charge is 0.257 e. The number of anilines is 1. The van der Waals surface area contributed by atoms with Crippen LogP contribution >= 0.6 is 0 Å². The molecule has 20 heavy (non-hydrogen) atoms. The summed E-state index contributed by atoms with van der Waals surface area (Å²) >= 11 is 0. The minimum Gasteiger partial charge on any atom is -0.493 e. The van der Waals surface area contributed by atoms with E-state index < -0.39 is 0 Å². The van der Waals surface area contributed by atoms with Crippen molar-refractivity contribution in [3.63, 3.8) is 0 Å². The number of rotatable bonds is 5. The Kier molecular flexibility index (Phi) is 5.04. The summed E-state index contributed by atoms with van der Waals surface area (Å²) in [6.07, 6.45) is 7.63. The van der Waals surface area contributed by atoms with Crippen molar-refractivity contribution in [2.24, 2.45) is 5.92 Å². The number of amides is 1. The maximum absolute atomic E-state index is 12.3. The first-order chi connectivity index (χ1) is 9.72. The molecule has 2 rings (SSSR count). The third-order valence-electron chi connectivity index (χ3n) is 3.51. The fraction of sp³-hybridized carbons (Fsp3) is 0.438. The fourth-order valence-corrected chi connectivity index (χ4v) is 2.43. The second kappa shape index (κ2) is 6.98. The predicted molar refractivity (Wildman–Crippen MR) is 80.8 cm³/mol. The molecule has 0 heterocycles. The van der Waals surface area contributed by atoms with Crippen molar-refractivity contribution in [1.82, 2.24) is 5.32 Å². The Morgan fingerprint density at radius 1 is 1.45 bits per heavy atom. The van der Waals surface area contributed by atoms with E-state index in [4.69, 9.17) is 10.5 Å². The van der Waals surface area contributed by atoms with Gasteiger partial charge in [-0.25, -0.2) is 0 Å². The van der Waals surface area contributed by atoms with Crippen LogP contribution < -0.4 is 15.8 Å². The van der Waals surface area contributed by atoms with E-state index in [9.17, 15) is 4.79 Å². The average Bonchev–Trinajstić information content (AvgIpc) is 2.46. The molecule has 0 fully saturated rings. The molecule has 1 aromatic rings. The summed E-state index contributed by atoms with van der Waals surface area (Å²) in [7, 11) is 0. The highest BCUT2D eigenvalue weighted by molar-refractivity contribution is 6.01. The predicted octanol–water partition coefficient (Wildman–Crippen LogP) is 2.75. The highest BCUT2D eigenvalue weighted by Gasteiger charge is 2.17. The Bertz CT molecular complexity index is 497. The molecule has 0 radical (unpaired) electrons. The van der Waals surface area contributed by atoms with E-state index in [-0.39, 0.29) is 5.91 Å². The number of nitrogens with one attached hydrogen (secondary N) is 1. The first-order valence-corrected chi connectivity index (χ1v) is 7.16. The van der Waals surface area contributed by atoms with E-state index in [1.165, 1.54) is 0 Å². The fourth-order valence-electron chi connectivity index (χ4n) is 2.43. The van der Waals surface area contributed by atoms with Crippen molar-refractivity contribution >= 4 is 11.6 Å². The Morgan fingerprint density at radius 2 is 2.30 bits per heavy atom. The molecule has 0 saturated heterocycles. The zero-order valence-corrected chi connectivity index (χ0v) is 11.9. The third kappa shape index (κ3) is 3.53. The molecule has 0 aliphatic heterocycles. The summed E-state index contributed by atoms with van der Waals surface area (Å²) in [6, 6.07) is 5.29. The Hall–Kier alpha value is -1.97. The molecule has 4 nitrogen and oxygen atoms in total. The molecular weight excluding hydrogens is 252 g/mol. The summed E-state index contributed by atoms with van der Waals surface area (Å²) < 4.78 is 5.48. The standard InChI is InChI=1S/C16H22N2O2/c1-2-20-14-10-6-9-13(17)15(14)16(19)18-11-12-7-4-3-5-8-12/h3-4,6,9-10,12H,2,5,7-8,11,17H2,1H3,(H,18,19). The highest BCUT2D eigenvalue weighted by Crippen LogP contribution is 2.24. The van der Waals surface area contributed by atoms with E-state index in [1.807, 2.05) is 6.92 Å². The molecule has 1 unspecified atom stereocenters. The van der Waals surface area contributed by atoms with Crippen LogP contribution in [0.25, 0.3) is 0 Å². The molecule has 4 heteroatoms. The van der Waals surface area contributed by atoms with Gasteiger partial charge < -0.3 is 15.8 Å². The van der Waals surface area contributed by atoms with Crippen molar-refractivity contribution in [2.75, 3.05) is 18.9 Å². The molecule has 0 bridgehead atoms. The van der Waals surface area contributed by atoms with E-state index >= 15 is 0 Å². The van der Waals surface area contributed by atoms with E-state index in [0.717, 1.165) is 19.3 Å². The molecule has 3 N–H and O–H groups in total. The van der Waals surface area contributed by atoms with E-state index in [2.05, 4.69) is 17.5 Å². The lowest BCUT2D eigenvalue weighted by atomic mass is 9.94. The van der Waals surface area contributed by atoms with Gasteiger partial charge in [0.2, 0.25) is 0 Å². The molecule has 0 aromatic heterocycles. The number of hydrogen-bond acceptors (Lipinski definition) is 3. The number of carbonyl (C=O) groups is 1. The van der Waals surface area contributed by atoms with E-state index in [0.29, 0.717) is 36.1 Å². The SMILES string of the molecule is CCOc1cccc(N)c1C(=O)NCC1CC=CCC1. The van der Waals surface area contributed by atoms with Crippen molar-refractivity contribution < 1.29 is 9.53 Å². The van der Waals surface area contributed by atoms with Crippen LogP contribution in [0, 0.1) is 5.92 Å². The number of nitrogens with two attached hydrogens (primary N) is 1. The number of allylic oxidation sites excluding steroid dienone is 2. The van der Waals surface area contributed by atoms with Gasteiger partial charge in [0, 0.05) is 12.2 Å². The Labute approximate surface area is 120 Å². The van der Waals surface area contributed by atoms with Gasteiger partial charge >= 0.3 is 0 Å². The summed E-state index contributed by atoms with van der Waals surface area (Å²) in [4.78, 5) is 12.3. The maximum Gasteiger partial charge on any atom is 0.257 e. The molecule has 1 aromatic carbocycles. The zero-order valence-electron chi connectivity index (χ0n) is 11.9. The van der Waals surface area contributed by atoms with Gasteiger partial charge in [0.1, 0.15) is 11.3 Å². The van der Waals surface area contributed by atoms with Gasteiger partial charge in [-0.15, -0.1) is 0 Å². The highest BCUT2D eigenvalue weighted by atomic mass is 16.5. The quantitative estimate of drug-likeness (QED) is 0.641. The van der Waals surface area contributed by atoms with Gasteiger partial charge in [-0.2, -0.15) is 0 Å². The van der Waals surface area contributed by atoms with Crippen LogP contribution in [0.5, 0.6) is 5.75 Å². The van der Waals surface area contributed by atoms with Crippen LogP contribution in [0.4, 0.5) is 5.69 Å². The Morgan fingerprint density at radius 3 is 3.00 bits per heavy atom. The molecule has 1 amide bonds. The molecule has 1 aliphatic rings. The van der Waals surface area contributed by atoms with Crippen molar-refractivity contribution in [3.8, 4) is 5.75 Å². The van der Waals surface area contributed by atoms with Crippen LogP contribution in [0.2, 0.25) is 0 Å². The second-order valence-electron chi connectivity index (χ2n) is 5.01. The third-order valence-corrected chi connectivity index (χ3v) is 3.51. The average molecular weight is 274 g/mol. The lowest BCUT2D eigenvalue weighted by Gasteiger charge is -2.19. The summed E-state index contributed by atoms with van der Waals surface area (Å²) in [6.45, 7) is 3.08. The lowest BCUT2D eigenvalue weighted by molar-refractivity contribution is 0.0943. The first kappa shape index (κ1) is 14.4. The normalized spacial score (nSPS) is 17.8. The number of nitrogen functional groups attached to an aromatic ring is 1. The lowest BCUT2D eigenvalue weighted by Crippen LogP contribution is -2.30. The van der Waals surface area contributed by atoms with Crippen LogP contribution in [0.15, 0.2) is 30.4 Å². The first-order valence-electron chi connectivity index (χ1n) is 7.16. The molecular formula is C16H22N2O2. The van der Waals surface area contributed by atoms with Crippen LogP contribution in [0.1, 0.15) is 36.5 Å². The topological polar surface area (TPSA) is 64.3 Å². The van der Waals surface area contributed by atoms with Crippen LogP contribution in [-0.4, -0.2) is 19.1 Å². The van der Waals surface area contributed by atoms with Gasteiger partial charge in [0.25, 0.3) is 5.91 Å². The van der Waals surface area contributed by atoms with Gasteiger partial charge in [-0.3, -0.25) is 4.79 Å².